The van der Waals surface area contributed by atoms with Gasteiger partial charge in [0.2, 0.25) is 0 Å². The number of benzene rings is 2. The molecule has 0 saturated heterocycles. The molecule has 2 aromatic carbocycles. The van der Waals surface area contributed by atoms with Crippen molar-refractivity contribution in [3.63, 3.8) is 0 Å². The van der Waals surface area contributed by atoms with Crippen LogP contribution in [-0.2, 0) is 0 Å². The van der Waals surface area contributed by atoms with Crippen LogP contribution in [0.5, 0.6) is 0 Å². The molecule has 0 atom stereocenters. The van der Waals surface area contributed by atoms with E-state index in [-0.39, 0.29) is 7.43 Å². The Morgan fingerprint density at radius 1 is 0.786 bits per heavy atom. The molecule has 0 unspecified atom stereocenters. The van der Waals surface area contributed by atoms with Gasteiger partial charge < -0.3 is 0 Å². The van der Waals surface area contributed by atoms with E-state index >= 15 is 0 Å². The van der Waals surface area contributed by atoms with Gasteiger partial charge in [0.15, 0.2) is 0 Å². The van der Waals surface area contributed by atoms with Crippen LogP contribution in [-0.4, -0.2) is 0 Å². The molecule has 0 spiro atoms. The lowest BCUT2D eigenvalue weighted by atomic mass is 10.1. The van der Waals surface area contributed by atoms with Gasteiger partial charge in [-0.1, -0.05) is 63.7 Å². The lowest BCUT2D eigenvalue weighted by Crippen LogP contribution is -1.75. The van der Waals surface area contributed by atoms with Crippen molar-refractivity contribution in [1.29, 1.82) is 0 Å². The van der Waals surface area contributed by atoms with E-state index < -0.39 is 0 Å². The first kappa shape index (κ1) is 12.7. The number of rotatable bonds is 0. The molecule has 0 fully saturated rings. The van der Waals surface area contributed by atoms with Crippen molar-refractivity contribution in [2.75, 3.05) is 0 Å². The molecule has 0 aliphatic carbocycles. The van der Waals surface area contributed by atoms with E-state index in [0.717, 1.165) is 0 Å². The molecule has 2 aromatic rings. The molecule has 14 heavy (non-hydrogen) atoms. The van der Waals surface area contributed by atoms with Crippen molar-refractivity contribution in [3.8, 4) is 0 Å². The molecule has 0 saturated carbocycles. The smallest absolute Gasteiger partial charge is 0.0155 e. The Kier molecular flexibility index (Phi) is 5.62. The van der Waals surface area contributed by atoms with Gasteiger partial charge in [0.05, 0.1) is 0 Å². The fourth-order valence-corrected chi connectivity index (χ4v) is 1.39. The summed E-state index contributed by atoms with van der Waals surface area (Å²) in [6, 6.07) is 14.8. The van der Waals surface area contributed by atoms with E-state index in [2.05, 4.69) is 49.4 Å². The number of aryl methyl sites for hydroxylation is 1. The molecule has 0 heteroatoms. The van der Waals surface area contributed by atoms with Gasteiger partial charge in [-0.05, 0) is 23.3 Å². The molecule has 0 nitrogen and oxygen atoms in total. The Morgan fingerprint density at radius 3 is 2.00 bits per heavy atom. The summed E-state index contributed by atoms with van der Waals surface area (Å²) in [4.78, 5) is 0. The Morgan fingerprint density at radius 2 is 1.36 bits per heavy atom. The van der Waals surface area contributed by atoms with Crippen LogP contribution in [0.25, 0.3) is 10.8 Å². The summed E-state index contributed by atoms with van der Waals surface area (Å²) in [5.74, 6) is 0. The average Bonchev–Trinajstić information content (AvgIpc) is 2.22. The summed E-state index contributed by atoms with van der Waals surface area (Å²) in [7, 11) is 0. The highest BCUT2D eigenvalue weighted by Crippen LogP contribution is 2.16. The predicted octanol–water partition coefficient (Wildman–Crippen LogP) is 4.81. The van der Waals surface area contributed by atoms with Crippen LogP contribution in [0.4, 0.5) is 0 Å². The second-order valence-corrected chi connectivity index (χ2v) is 2.80. The Balaban J connectivity index is 0.000000531. The molecular formula is C14H20. The van der Waals surface area contributed by atoms with Crippen LogP contribution >= 0.6 is 0 Å². The van der Waals surface area contributed by atoms with Crippen LogP contribution in [0, 0.1) is 6.92 Å². The third-order valence-corrected chi connectivity index (χ3v) is 2.01. The zero-order valence-electron chi connectivity index (χ0n) is 8.54. The van der Waals surface area contributed by atoms with Crippen LogP contribution in [0.3, 0.4) is 0 Å². The van der Waals surface area contributed by atoms with Crippen molar-refractivity contribution in [2.45, 2.75) is 28.2 Å². The minimum Gasteiger partial charge on any atom is -0.0776 e. The molecule has 76 valence electrons. The number of hydrogen-bond donors (Lipinski definition) is 0. The molecule has 0 heterocycles. The first-order valence-electron chi connectivity index (χ1n) is 4.82. The molecule has 0 amide bonds. The summed E-state index contributed by atoms with van der Waals surface area (Å²) in [5.41, 5.74) is 1.35. The van der Waals surface area contributed by atoms with Crippen molar-refractivity contribution in [3.05, 3.63) is 48.0 Å². The minimum absolute atomic E-state index is 0. The van der Waals surface area contributed by atoms with Crippen molar-refractivity contribution in [1.82, 2.24) is 0 Å². The average molecular weight is 188 g/mol. The van der Waals surface area contributed by atoms with E-state index in [1.807, 2.05) is 13.8 Å². The van der Waals surface area contributed by atoms with Crippen molar-refractivity contribution < 1.29 is 0 Å². The summed E-state index contributed by atoms with van der Waals surface area (Å²) in [6.07, 6.45) is 0. The van der Waals surface area contributed by atoms with E-state index in [0.29, 0.717) is 0 Å². The fraction of sp³-hybridized carbons (Fsp3) is 0.286. The van der Waals surface area contributed by atoms with Gasteiger partial charge in [-0.15, -0.1) is 0 Å². The standard InChI is InChI=1S/C11H10.C2H6.CH4/c1-9-5-4-7-10-6-2-3-8-11(9)10;1-2;/h2-8H,1H3;1-2H3;1H4. The van der Waals surface area contributed by atoms with Gasteiger partial charge in [-0.3, -0.25) is 0 Å². The topological polar surface area (TPSA) is 0 Å². The molecule has 0 bridgehead atoms. The quantitative estimate of drug-likeness (QED) is 0.556. The Labute approximate surface area is 87.6 Å². The highest BCUT2D eigenvalue weighted by molar-refractivity contribution is 5.85. The van der Waals surface area contributed by atoms with Gasteiger partial charge in [0, 0.05) is 0 Å². The second-order valence-electron chi connectivity index (χ2n) is 2.80. The molecule has 2 rings (SSSR count). The minimum atomic E-state index is 0. The SMILES string of the molecule is C.CC.Cc1cccc2ccccc12. The van der Waals surface area contributed by atoms with Gasteiger partial charge >= 0.3 is 0 Å². The Bertz CT molecular complexity index is 369. The molecular weight excluding hydrogens is 168 g/mol. The van der Waals surface area contributed by atoms with Gasteiger partial charge in [0.1, 0.15) is 0 Å². The molecule has 0 aliphatic rings. The van der Waals surface area contributed by atoms with Gasteiger partial charge in [-0.2, -0.15) is 0 Å². The van der Waals surface area contributed by atoms with Gasteiger partial charge in [0.25, 0.3) is 0 Å². The monoisotopic (exact) mass is 188 g/mol. The zero-order valence-corrected chi connectivity index (χ0v) is 8.54. The maximum Gasteiger partial charge on any atom is -0.0155 e. The third kappa shape index (κ3) is 2.59. The normalized spacial score (nSPS) is 8.50. The van der Waals surface area contributed by atoms with Gasteiger partial charge in [-0.25, -0.2) is 0 Å². The molecule has 0 N–H and O–H groups in total. The van der Waals surface area contributed by atoms with Crippen molar-refractivity contribution >= 4 is 10.8 Å². The van der Waals surface area contributed by atoms with Crippen LogP contribution in [0.2, 0.25) is 0 Å². The van der Waals surface area contributed by atoms with E-state index in [4.69, 9.17) is 0 Å². The molecule has 0 aliphatic heterocycles. The lowest BCUT2D eigenvalue weighted by molar-refractivity contribution is 1.50. The lowest BCUT2D eigenvalue weighted by Gasteiger charge is -1.98. The van der Waals surface area contributed by atoms with E-state index in [9.17, 15) is 0 Å². The first-order valence-corrected chi connectivity index (χ1v) is 4.82. The first-order chi connectivity index (χ1) is 6.38. The van der Waals surface area contributed by atoms with Crippen LogP contribution in [0.1, 0.15) is 26.8 Å². The highest BCUT2D eigenvalue weighted by atomic mass is 14.0. The summed E-state index contributed by atoms with van der Waals surface area (Å²) >= 11 is 0. The molecule has 0 aromatic heterocycles. The van der Waals surface area contributed by atoms with E-state index in [1.165, 1.54) is 16.3 Å². The zero-order chi connectivity index (χ0) is 9.68. The largest absolute Gasteiger partial charge is 0.0776 e. The summed E-state index contributed by atoms with van der Waals surface area (Å²) < 4.78 is 0. The van der Waals surface area contributed by atoms with Crippen molar-refractivity contribution in [2.24, 2.45) is 0 Å². The highest BCUT2D eigenvalue weighted by Gasteiger charge is 1.91. The fourth-order valence-electron chi connectivity index (χ4n) is 1.39. The van der Waals surface area contributed by atoms with Crippen LogP contribution in [0.15, 0.2) is 42.5 Å². The number of hydrogen-bond acceptors (Lipinski definition) is 0. The predicted molar refractivity (Wildman–Crippen MR) is 66.8 cm³/mol. The Hall–Kier alpha value is -1.30. The maximum atomic E-state index is 2.16. The summed E-state index contributed by atoms with van der Waals surface area (Å²) in [5, 5.41) is 2.68. The maximum absolute atomic E-state index is 2.16. The third-order valence-electron chi connectivity index (χ3n) is 2.01. The second kappa shape index (κ2) is 6.20. The van der Waals surface area contributed by atoms with Crippen LogP contribution < -0.4 is 0 Å². The van der Waals surface area contributed by atoms with E-state index in [1.54, 1.807) is 0 Å². The molecule has 0 radical (unpaired) electrons. The number of fused-ring (bicyclic) bond motifs is 1. The summed E-state index contributed by atoms with van der Waals surface area (Å²) in [6.45, 7) is 6.14.